The Morgan fingerprint density at radius 1 is 1.28 bits per heavy atom. The Kier molecular flexibility index (Phi) is 10.3. The molecule has 2 heterocycles. The zero-order valence-corrected chi connectivity index (χ0v) is 21.9. The maximum atomic E-state index is 12.5. The number of rotatable bonds is 8. The summed E-state index contributed by atoms with van der Waals surface area (Å²) in [6.07, 6.45) is 3.75. The molecule has 9 heteroatoms. The maximum absolute atomic E-state index is 12.5. The van der Waals surface area contributed by atoms with Crippen LogP contribution in [0.1, 0.15) is 53.2 Å². The van der Waals surface area contributed by atoms with Gasteiger partial charge >= 0.3 is 6.61 Å². The van der Waals surface area contributed by atoms with Crippen LogP contribution in [0.25, 0.3) is 0 Å². The highest BCUT2D eigenvalue weighted by Crippen LogP contribution is 2.29. The summed E-state index contributed by atoms with van der Waals surface area (Å²) < 4.78 is 34.9. The Morgan fingerprint density at radius 3 is 2.61 bits per heavy atom. The average Bonchev–Trinajstić information content (AvgIpc) is 3.31. The van der Waals surface area contributed by atoms with Crippen LogP contribution in [0.5, 0.6) is 5.75 Å². The molecule has 1 atom stereocenters. The molecule has 4 rings (SSSR count). The van der Waals surface area contributed by atoms with Crippen LogP contribution in [0.15, 0.2) is 36.4 Å². The number of alkyl halides is 2. The summed E-state index contributed by atoms with van der Waals surface area (Å²) >= 11 is 2.04. The van der Waals surface area contributed by atoms with Gasteiger partial charge in [-0.05, 0) is 75.7 Å². The molecule has 1 unspecified atom stereocenters. The van der Waals surface area contributed by atoms with Gasteiger partial charge in [-0.2, -0.15) is 20.5 Å². The molecule has 2 aromatic carbocycles. The Balaban J connectivity index is 0.000000383. The van der Waals surface area contributed by atoms with Crippen LogP contribution in [0.3, 0.4) is 0 Å². The lowest BCUT2D eigenvalue weighted by Crippen LogP contribution is -2.39. The highest BCUT2D eigenvalue weighted by atomic mass is 32.2. The molecule has 0 bridgehead atoms. The van der Waals surface area contributed by atoms with Gasteiger partial charge in [0.15, 0.2) is 0 Å². The van der Waals surface area contributed by atoms with E-state index in [1.165, 1.54) is 30.1 Å². The molecule has 3 N–H and O–H groups in total. The zero-order chi connectivity index (χ0) is 26.1. The minimum atomic E-state index is -2.93. The van der Waals surface area contributed by atoms with E-state index in [0.717, 1.165) is 24.7 Å². The summed E-state index contributed by atoms with van der Waals surface area (Å²) in [6.45, 7) is 2.50. The molecule has 0 aliphatic carbocycles. The topological polar surface area (TPSA) is 83.4 Å². The number of ether oxygens (including phenoxy) is 2. The predicted octanol–water partition coefficient (Wildman–Crippen LogP) is 5.52. The SMILES string of the molecule is CNC1(C)CCSC1.Cc1cc(C=O)cc(NC2CCOCC2)c1C(=N)c1cccc(OC(F)F)c1. The molecular weight excluding hydrogens is 484 g/mol. The number of carbonyl (C=O) groups is 1. The number of halogens is 2. The number of hydrogen-bond acceptors (Lipinski definition) is 7. The average molecular weight is 520 g/mol. The number of aldehydes is 1. The number of anilines is 1. The van der Waals surface area contributed by atoms with Crippen LogP contribution in [-0.4, -0.2) is 62.0 Å². The van der Waals surface area contributed by atoms with E-state index in [1.54, 1.807) is 24.3 Å². The van der Waals surface area contributed by atoms with Gasteiger partial charge < -0.3 is 20.1 Å². The second-order valence-corrected chi connectivity index (χ2v) is 10.4. The van der Waals surface area contributed by atoms with Crippen molar-refractivity contribution < 1.29 is 23.0 Å². The minimum Gasteiger partial charge on any atom is -0.435 e. The molecule has 36 heavy (non-hydrogen) atoms. The van der Waals surface area contributed by atoms with Gasteiger partial charge in [-0.25, -0.2) is 0 Å². The third-order valence-electron chi connectivity index (χ3n) is 6.50. The third-order valence-corrected chi connectivity index (χ3v) is 7.83. The van der Waals surface area contributed by atoms with E-state index in [2.05, 4.69) is 22.3 Å². The fourth-order valence-electron chi connectivity index (χ4n) is 4.23. The highest BCUT2D eigenvalue weighted by molar-refractivity contribution is 7.99. The maximum Gasteiger partial charge on any atom is 0.387 e. The first kappa shape index (κ1) is 28.1. The van der Waals surface area contributed by atoms with Crippen molar-refractivity contribution in [2.75, 3.05) is 37.1 Å². The predicted molar refractivity (Wildman–Crippen MR) is 142 cm³/mol. The van der Waals surface area contributed by atoms with Crippen molar-refractivity contribution in [3.05, 3.63) is 58.7 Å². The lowest BCUT2D eigenvalue weighted by atomic mass is 9.94. The van der Waals surface area contributed by atoms with Crippen LogP contribution in [0, 0.1) is 12.3 Å². The molecule has 2 aromatic rings. The lowest BCUT2D eigenvalue weighted by Gasteiger charge is -2.26. The largest absolute Gasteiger partial charge is 0.435 e. The van der Waals surface area contributed by atoms with Crippen LogP contribution in [0.4, 0.5) is 14.5 Å². The van der Waals surface area contributed by atoms with Gasteiger partial charge in [0.2, 0.25) is 0 Å². The third kappa shape index (κ3) is 7.75. The first-order chi connectivity index (χ1) is 17.2. The van der Waals surface area contributed by atoms with Crippen molar-refractivity contribution in [3.63, 3.8) is 0 Å². The second-order valence-electron chi connectivity index (χ2n) is 9.30. The second kappa shape index (κ2) is 13.2. The molecule has 0 radical (unpaired) electrons. The number of hydrogen-bond donors (Lipinski definition) is 3. The summed E-state index contributed by atoms with van der Waals surface area (Å²) in [5.41, 5.74) is 3.65. The monoisotopic (exact) mass is 519 g/mol. The lowest BCUT2D eigenvalue weighted by molar-refractivity contribution is -0.0498. The summed E-state index contributed by atoms with van der Waals surface area (Å²) in [5.74, 6) is 2.61. The molecule has 0 saturated carbocycles. The van der Waals surface area contributed by atoms with Gasteiger partial charge in [-0.3, -0.25) is 10.2 Å². The van der Waals surface area contributed by atoms with Crippen LogP contribution >= 0.6 is 11.8 Å². The van der Waals surface area contributed by atoms with Gasteiger partial charge in [0.05, 0.1) is 5.71 Å². The van der Waals surface area contributed by atoms with Crippen LogP contribution < -0.4 is 15.4 Å². The van der Waals surface area contributed by atoms with Crippen molar-refractivity contribution in [2.24, 2.45) is 0 Å². The van der Waals surface area contributed by atoms with Gasteiger partial charge in [0.1, 0.15) is 12.0 Å². The molecule has 0 amide bonds. The van der Waals surface area contributed by atoms with Crippen LogP contribution in [0.2, 0.25) is 0 Å². The summed E-state index contributed by atoms with van der Waals surface area (Å²) in [5, 5.41) is 15.4. The van der Waals surface area contributed by atoms with E-state index in [4.69, 9.17) is 10.1 Å². The number of aryl methyl sites for hydroxylation is 1. The van der Waals surface area contributed by atoms with Crippen molar-refractivity contribution in [3.8, 4) is 5.75 Å². The van der Waals surface area contributed by atoms with Crippen molar-refractivity contribution >= 4 is 29.4 Å². The normalized spacial score (nSPS) is 19.9. The molecule has 2 aliphatic rings. The summed E-state index contributed by atoms with van der Waals surface area (Å²) in [4.78, 5) is 11.3. The Morgan fingerprint density at radius 2 is 2.03 bits per heavy atom. The van der Waals surface area contributed by atoms with E-state index >= 15 is 0 Å². The van der Waals surface area contributed by atoms with Gasteiger partial charge in [0.25, 0.3) is 0 Å². The minimum absolute atomic E-state index is 0.00152. The molecule has 6 nitrogen and oxygen atoms in total. The Hall–Kier alpha value is -2.49. The molecule has 196 valence electrons. The Labute approximate surface area is 216 Å². The highest BCUT2D eigenvalue weighted by Gasteiger charge is 2.26. The number of thioether (sulfide) groups is 1. The Bertz CT molecular complexity index is 1040. The molecule has 0 aromatic heterocycles. The van der Waals surface area contributed by atoms with Crippen molar-refractivity contribution in [1.82, 2.24) is 5.32 Å². The van der Waals surface area contributed by atoms with Gasteiger partial charge in [0, 0.05) is 52.9 Å². The number of nitrogens with one attached hydrogen (secondary N) is 3. The molecule has 2 aliphatic heterocycles. The standard InChI is InChI=1S/C21H22F2N2O3.C6H13NS/c1-13-9-14(12-26)10-18(25-16-5-7-27-8-6-16)19(13)20(24)15-3-2-4-17(11-15)28-21(22)23;1-6(7-2)3-4-8-5-6/h2-4,9-12,16,21,24-25H,5-8H2,1H3;7H,3-5H2,1-2H3. The summed E-state index contributed by atoms with van der Waals surface area (Å²) in [7, 11) is 2.05. The summed E-state index contributed by atoms with van der Waals surface area (Å²) in [6, 6.07) is 9.69. The van der Waals surface area contributed by atoms with Gasteiger partial charge in [-0.15, -0.1) is 0 Å². The van der Waals surface area contributed by atoms with Crippen LogP contribution in [-0.2, 0) is 4.74 Å². The first-order valence-electron chi connectivity index (χ1n) is 12.1. The smallest absolute Gasteiger partial charge is 0.387 e. The van der Waals surface area contributed by atoms with E-state index in [0.29, 0.717) is 41.1 Å². The van der Waals surface area contributed by atoms with E-state index in [1.807, 2.05) is 25.7 Å². The molecule has 2 fully saturated rings. The zero-order valence-electron chi connectivity index (χ0n) is 21.0. The molecule has 0 spiro atoms. The van der Waals surface area contributed by atoms with Crippen molar-refractivity contribution in [2.45, 2.75) is 51.3 Å². The van der Waals surface area contributed by atoms with E-state index in [9.17, 15) is 13.6 Å². The fourth-order valence-corrected chi connectivity index (χ4v) is 5.71. The van der Waals surface area contributed by atoms with Crippen molar-refractivity contribution in [1.29, 1.82) is 5.41 Å². The molecule has 2 saturated heterocycles. The molecular formula is C27H35F2N3O3S. The fraction of sp³-hybridized carbons (Fsp3) is 0.481. The number of carbonyl (C=O) groups excluding carboxylic acids is 1. The van der Waals surface area contributed by atoms with Gasteiger partial charge in [-0.1, -0.05) is 12.1 Å². The van der Waals surface area contributed by atoms with E-state index in [-0.39, 0.29) is 17.5 Å². The number of benzene rings is 2. The first-order valence-corrected chi connectivity index (χ1v) is 13.2. The van der Waals surface area contributed by atoms with E-state index < -0.39 is 6.61 Å². The quantitative estimate of drug-likeness (QED) is 0.315.